The number of carbonyl (C=O) groups is 2. The van der Waals surface area contributed by atoms with E-state index in [2.05, 4.69) is 5.32 Å². The minimum Gasteiger partial charge on any atom is -0.481 e. The maximum atomic E-state index is 12.3. The van der Waals surface area contributed by atoms with Crippen LogP contribution in [0.4, 0.5) is 10.5 Å². The van der Waals surface area contributed by atoms with Crippen LogP contribution in [0.15, 0.2) is 24.3 Å². The van der Waals surface area contributed by atoms with Crippen LogP contribution in [-0.2, 0) is 4.79 Å². The van der Waals surface area contributed by atoms with Crippen LogP contribution in [0, 0.1) is 12.8 Å². The van der Waals surface area contributed by atoms with Crippen LogP contribution in [0.3, 0.4) is 0 Å². The first kappa shape index (κ1) is 15.4. The quantitative estimate of drug-likeness (QED) is 0.899. The van der Waals surface area contributed by atoms with Gasteiger partial charge in [0.15, 0.2) is 0 Å². The molecule has 0 spiro atoms. The Morgan fingerprint density at radius 3 is 2.67 bits per heavy atom. The Bertz CT molecular complexity index is 530. The van der Waals surface area contributed by atoms with E-state index < -0.39 is 5.97 Å². The number of carboxylic acids is 1. The smallest absolute Gasteiger partial charge is 0.321 e. The zero-order chi connectivity index (χ0) is 15.4. The highest BCUT2D eigenvalue weighted by Crippen LogP contribution is 2.25. The van der Waals surface area contributed by atoms with Crippen LogP contribution >= 0.6 is 0 Å². The molecule has 2 N–H and O–H groups in total. The number of amides is 2. The number of hydrogen-bond donors (Lipinski definition) is 2. The zero-order valence-electron chi connectivity index (χ0n) is 12.5. The molecule has 114 valence electrons. The first-order valence-corrected chi connectivity index (χ1v) is 7.31. The lowest BCUT2D eigenvalue weighted by Gasteiger charge is -2.29. The van der Waals surface area contributed by atoms with E-state index >= 15 is 0 Å². The zero-order valence-corrected chi connectivity index (χ0v) is 12.5. The van der Waals surface area contributed by atoms with E-state index in [1.165, 1.54) is 0 Å². The molecule has 0 aliphatic heterocycles. The fraction of sp³-hybridized carbons (Fsp3) is 0.500. The van der Waals surface area contributed by atoms with Gasteiger partial charge in [0.05, 0.1) is 5.92 Å². The molecule has 5 nitrogen and oxygen atoms in total. The Balaban J connectivity index is 1.98. The van der Waals surface area contributed by atoms with Crippen molar-refractivity contribution in [3.05, 3.63) is 29.8 Å². The van der Waals surface area contributed by atoms with E-state index in [4.69, 9.17) is 5.11 Å². The molecule has 2 amide bonds. The normalized spacial score (nSPS) is 21.6. The number of carboxylic acid groups (broad SMARTS) is 1. The van der Waals surface area contributed by atoms with Crippen molar-refractivity contribution in [3.63, 3.8) is 0 Å². The lowest BCUT2D eigenvalue weighted by Crippen LogP contribution is -2.46. The van der Waals surface area contributed by atoms with Crippen LogP contribution in [0.2, 0.25) is 0 Å². The molecule has 0 bridgehead atoms. The molecular weight excluding hydrogens is 268 g/mol. The summed E-state index contributed by atoms with van der Waals surface area (Å²) in [6, 6.07) is 7.45. The number of benzene rings is 1. The largest absolute Gasteiger partial charge is 0.481 e. The number of hydrogen-bond acceptors (Lipinski definition) is 2. The van der Waals surface area contributed by atoms with Crippen molar-refractivity contribution in [2.24, 2.45) is 5.92 Å². The van der Waals surface area contributed by atoms with E-state index in [-0.39, 0.29) is 18.0 Å². The molecule has 2 atom stereocenters. The molecule has 0 saturated heterocycles. The summed E-state index contributed by atoms with van der Waals surface area (Å²) in [5, 5.41) is 12.0. The van der Waals surface area contributed by atoms with Gasteiger partial charge in [0.1, 0.15) is 0 Å². The molecule has 2 rings (SSSR count). The van der Waals surface area contributed by atoms with Gasteiger partial charge in [0, 0.05) is 18.8 Å². The van der Waals surface area contributed by atoms with Crippen LogP contribution in [0.5, 0.6) is 0 Å². The van der Waals surface area contributed by atoms with Gasteiger partial charge in [0.2, 0.25) is 0 Å². The van der Waals surface area contributed by atoms with Crippen molar-refractivity contribution in [1.82, 2.24) is 5.32 Å². The van der Waals surface area contributed by atoms with Crippen LogP contribution < -0.4 is 10.2 Å². The second-order valence-corrected chi connectivity index (χ2v) is 5.69. The van der Waals surface area contributed by atoms with Gasteiger partial charge in [0.25, 0.3) is 0 Å². The van der Waals surface area contributed by atoms with Crippen molar-refractivity contribution in [1.29, 1.82) is 0 Å². The van der Waals surface area contributed by atoms with Gasteiger partial charge in [-0.1, -0.05) is 24.6 Å². The summed E-state index contributed by atoms with van der Waals surface area (Å²) >= 11 is 0. The first-order valence-electron chi connectivity index (χ1n) is 7.31. The average molecular weight is 290 g/mol. The highest BCUT2D eigenvalue weighted by molar-refractivity contribution is 5.92. The maximum absolute atomic E-state index is 12.3. The number of rotatable bonds is 3. The minimum absolute atomic E-state index is 0.0566. The molecule has 5 heteroatoms. The Morgan fingerprint density at radius 2 is 2.00 bits per heavy atom. The topological polar surface area (TPSA) is 69.6 Å². The number of nitrogens with zero attached hydrogens (tertiary/aromatic N) is 1. The second kappa shape index (κ2) is 6.61. The highest BCUT2D eigenvalue weighted by atomic mass is 16.4. The predicted octanol–water partition coefficient (Wildman–Crippen LogP) is 2.78. The highest BCUT2D eigenvalue weighted by Gasteiger charge is 2.28. The van der Waals surface area contributed by atoms with E-state index in [0.717, 1.165) is 24.1 Å². The van der Waals surface area contributed by atoms with Gasteiger partial charge < -0.3 is 10.4 Å². The third kappa shape index (κ3) is 3.74. The molecule has 21 heavy (non-hydrogen) atoms. The lowest BCUT2D eigenvalue weighted by molar-refractivity contribution is -0.143. The monoisotopic (exact) mass is 290 g/mol. The first-order chi connectivity index (χ1) is 9.99. The summed E-state index contributed by atoms with van der Waals surface area (Å²) < 4.78 is 0. The van der Waals surface area contributed by atoms with Gasteiger partial charge in [-0.05, 0) is 37.8 Å². The molecule has 1 aromatic rings. The maximum Gasteiger partial charge on any atom is 0.321 e. The van der Waals surface area contributed by atoms with Crippen LogP contribution in [0.25, 0.3) is 0 Å². The Hall–Kier alpha value is -2.04. The Labute approximate surface area is 125 Å². The number of aryl methyl sites for hydroxylation is 1. The van der Waals surface area contributed by atoms with Crippen molar-refractivity contribution in [2.45, 2.75) is 38.6 Å². The molecule has 1 aliphatic carbocycles. The third-order valence-electron chi connectivity index (χ3n) is 4.13. The summed E-state index contributed by atoms with van der Waals surface area (Å²) in [7, 11) is 1.73. The summed E-state index contributed by atoms with van der Waals surface area (Å²) in [4.78, 5) is 25.0. The van der Waals surface area contributed by atoms with Gasteiger partial charge in [-0.3, -0.25) is 9.69 Å². The van der Waals surface area contributed by atoms with Gasteiger partial charge in [-0.2, -0.15) is 0 Å². The Kier molecular flexibility index (Phi) is 4.83. The molecule has 0 aromatic heterocycles. The number of urea groups is 1. The fourth-order valence-electron chi connectivity index (χ4n) is 2.87. The molecule has 1 saturated carbocycles. The van der Waals surface area contributed by atoms with E-state index in [1.54, 1.807) is 11.9 Å². The summed E-state index contributed by atoms with van der Waals surface area (Å²) in [5.41, 5.74) is 1.89. The number of nitrogens with one attached hydrogen (secondary N) is 1. The molecule has 0 radical (unpaired) electrons. The van der Waals surface area contributed by atoms with Gasteiger partial charge >= 0.3 is 12.0 Å². The SMILES string of the molecule is Cc1ccccc1N(C)C(=O)NC1CCCC(C(=O)O)C1. The summed E-state index contributed by atoms with van der Waals surface area (Å²) in [6.07, 6.45) is 2.91. The van der Waals surface area contributed by atoms with Crippen molar-refractivity contribution in [2.75, 3.05) is 11.9 Å². The third-order valence-corrected chi connectivity index (χ3v) is 4.13. The standard InChI is InChI=1S/C16H22N2O3/c1-11-6-3-4-9-14(11)18(2)16(21)17-13-8-5-7-12(10-13)15(19)20/h3-4,6,9,12-13H,5,7-8,10H2,1-2H3,(H,17,21)(H,19,20). The van der Waals surface area contributed by atoms with E-state index in [1.807, 2.05) is 31.2 Å². The number of carbonyl (C=O) groups excluding carboxylic acids is 1. The average Bonchev–Trinajstić information content (AvgIpc) is 2.47. The van der Waals surface area contributed by atoms with Crippen LogP contribution in [-0.4, -0.2) is 30.2 Å². The molecular formula is C16H22N2O3. The Morgan fingerprint density at radius 1 is 1.29 bits per heavy atom. The van der Waals surface area contributed by atoms with E-state index in [9.17, 15) is 9.59 Å². The van der Waals surface area contributed by atoms with Crippen molar-refractivity contribution in [3.8, 4) is 0 Å². The predicted molar refractivity (Wildman–Crippen MR) is 81.5 cm³/mol. The lowest BCUT2D eigenvalue weighted by atomic mass is 9.86. The van der Waals surface area contributed by atoms with E-state index in [0.29, 0.717) is 12.8 Å². The van der Waals surface area contributed by atoms with Crippen molar-refractivity contribution < 1.29 is 14.7 Å². The second-order valence-electron chi connectivity index (χ2n) is 5.69. The summed E-state index contributed by atoms with van der Waals surface area (Å²) in [6.45, 7) is 1.96. The molecule has 1 aliphatic rings. The van der Waals surface area contributed by atoms with Crippen molar-refractivity contribution >= 4 is 17.7 Å². The van der Waals surface area contributed by atoms with Gasteiger partial charge in [-0.15, -0.1) is 0 Å². The fourth-order valence-corrected chi connectivity index (χ4v) is 2.87. The number of anilines is 1. The molecule has 1 fully saturated rings. The number of para-hydroxylation sites is 1. The minimum atomic E-state index is -0.763. The number of aliphatic carboxylic acids is 1. The molecule has 2 unspecified atom stereocenters. The van der Waals surface area contributed by atoms with Gasteiger partial charge in [-0.25, -0.2) is 4.79 Å². The summed E-state index contributed by atoms with van der Waals surface area (Å²) in [5.74, 6) is -1.10. The molecule has 0 heterocycles. The van der Waals surface area contributed by atoms with Crippen LogP contribution in [0.1, 0.15) is 31.2 Å². The molecule has 1 aromatic carbocycles.